The van der Waals surface area contributed by atoms with E-state index < -0.39 is 23.0 Å². The van der Waals surface area contributed by atoms with Gasteiger partial charge in [0.1, 0.15) is 11.6 Å². The monoisotopic (exact) mass is 499 g/mol. The van der Waals surface area contributed by atoms with Gasteiger partial charge >= 0.3 is 0 Å². The second-order valence-corrected chi connectivity index (χ2v) is 10.7. The van der Waals surface area contributed by atoms with Gasteiger partial charge in [0.2, 0.25) is 11.8 Å². The summed E-state index contributed by atoms with van der Waals surface area (Å²) in [6.07, 6.45) is 3.98. The predicted octanol–water partition coefficient (Wildman–Crippen LogP) is 3.82. The summed E-state index contributed by atoms with van der Waals surface area (Å²) in [6, 6.07) is 11.9. The molecule has 1 unspecified atom stereocenters. The van der Waals surface area contributed by atoms with Crippen LogP contribution in [0.3, 0.4) is 0 Å². The van der Waals surface area contributed by atoms with Crippen LogP contribution in [0.15, 0.2) is 42.5 Å². The van der Waals surface area contributed by atoms with Crippen LogP contribution in [0.5, 0.6) is 0 Å². The number of hydrogen-bond donors (Lipinski definition) is 2. The van der Waals surface area contributed by atoms with E-state index in [0.29, 0.717) is 36.7 Å². The molecule has 2 saturated heterocycles. The summed E-state index contributed by atoms with van der Waals surface area (Å²) in [7, 11) is 0. The zero-order valence-electron chi connectivity index (χ0n) is 20.9. The van der Waals surface area contributed by atoms with Gasteiger partial charge in [0.05, 0.1) is 18.6 Å². The molecule has 2 fully saturated rings. The van der Waals surface area contributed by atoms with Gasteiger partial charge in [-0.3, -0.25) is 14.5 Å². The molecule has 0 saturated carbocycles. The lowest BCUT2D eigenvalue weighted by molar-refractivity contribution is -0.143. The highest BCUT2D eigenvalue weighted by atomic mass is 19.1. The van der Waals surface area contributed by atoms with Gasteiger partial charge in [-0.2, -0.15) is 0 Å². The van der Waals surface area contributed by atoms with Crippen molar-refractivity contribution in [2.75, 3.05) is 19.7 Å². The van der Waals surface area contributed by atoms with Crippen LogP contribution in [0.1, 0.15) is 66.9 Å². The van der Waals surface area contributed by atoms with E-state index >= 15 is 0 Å². The van der Waals surface area contributed by atoms with Gasteiger partial charge in [0.25, 0.3) is 0 Å². The number of hydrogen-bond acceptors (Lipinski definition) is 4. The average molecular weight is 500 g/mol. The molecule has 3 atom stereocenters. The Hall–Kier alpha value is -2.84. The summed E-state index contributed by atoms with van der Waals surface area (Å²) in [4.78, 5) is 28.8. The zero-order valence-corrected chi connectivity index (χ0v) is 20.9. The van der Waals surface area contributed by atoms with Gasteiger partial charge < -0.3 is 15.7 Å². The van der Waals surface area contributed by atoms with Crippen molar-refractivity contribution in [1.29, 1.82) is 0 Å². The van der Waals surface area contributed by atoms with Crippen molar-refractivity contribution < 1.29 is 23.5 Å². The van der Waals surface area contributed by atoms with Crippen LogP contribution in [0.4, 0.5) is 8.78 Å². The number of benzene rings is 2. The fraction of sp³-hybridized carbons (Fsp3) is 0.500. The van der Waals surface area contributed by atoms with Crippen molar-refractivity contribution in [3.8, 4) is 0 Å². The van der Waals surface area contributed by atoms with Crippen LogP contribution in [-0.4, -0.2) is 58.5 Å². The summed E-state index contributed by atoms with van der Waals surface area (Å²) in [6.45, 7) is 3.62. The maximum atomic E-state index is 14.4. The normalized spacial score (nSPS) is 22.0. The number of halogens is 2. The number of aliphatic hydroxyl groups excluding tert-OH is 1. The molecule has 6 nitrogen and oxygen atoms in total. The summed E-state index contributed by atoms with van der Waals surface area (Å²) >= 11 is 0. The highest BCUT2D eigenvalue weighted by Gasteiger charge is 2.41. The number of fused-ring (bicyclic) bond motifs is 2. The van der Waals surface area contributed by atoms with Gasteiger partial charge in [-0.15, -0.1) is 0 Å². The van der Waals surface area contributed by atoms with E-state index in [9.17, 15) is 23.5 Å². The molecular weight excluding hydrogens is 464 g/mol. The third kappa shape index (κ3) is 5.44. The number of piperidine rings is 1. The molecule has 2 aliphatic rings. The number of carbonyl (C=O) groups excluding carboxylic acids is 2. The Morgan fingerprint density at radius 3 is 2.28 bits per heavy atom. The highest BCUT2D eigenvalue weighted by molar-refractivity contribution is 5.92. The number of nitrogens with two attached hydrogens (primary N) is 1. The van der Waals surface area contributed by atoms with Crippen molar-refractivity contribution in [1.82, 2.24) is 9.80 Å². The van der Waals surface area contributed by atoms with Crippen LogP contribution in [0, 0.1) is 17.0 Å². The fourth-order valence-corrected chi connectivity index (χ4v) is 5.72. The van der Waals surface area contributed by atoms with Crippen molar-refractivity contribution >= 4 is 11.8 Å². The van der Waals surface area contributed by atoms with E-state index in [4.69, 9.17) is 5.73 Å². The Bertz CT molecular complexity index is 1090. The molecule has 2 bridgehead atoms. The fourth-order valence-electron chi connectivity index (χ4n) is 5.72. The third-order valence-electron chi connectivity index (χ3n) is 7.83. The first-order chi connectivity index (χ1) is 17.1. The molecule has 2 aromatic carbocycles. The van der Waals surface area contributed by atoms with Crippen molar-refractivity contribution in [3.63, 3.8) is 0 Å². The van der Waals surface area contributed by atoms with Crippen LogP contribution < -0.4 is 5.73 Å². The van der Waals surface area contributed by atoms with E-state index in [1.54, 1.807) is 19.9 Å². The molecule has 2 amide bonds. The molecule has 2 aromatic rings. The molecule has 0 radical (unpaired) electrons. The minimum Gasteiger partial charge on any atom is -0.395 e. The largest absolute Gasteiger partial charge is 0.395 e. The minimum atomic E-state index is -1.06. The number of nitrogens with zero attached hydrogens (tertiary/aromatic N) is 2. The Balaban J connectivity index is 1.48. The van der Waals surface area contributed by atoms with Crippen molar-refractivity contribution in [2.24, 2.45) is 11.1 Å². The van der Waals surface area contributed by atoms with E-state index in [1.807, 2.05) is 18.2 Å². The molecule has 2 heterocycles. The maximum absolute atomic E-state index is 14.4. The number of rotatable bonds is 9. The topological polar surface area (TPSA) is 86.9 Å². The number of amides is 2. The molecular formula is C28H35F2N3O3. The molecule has 8 heteroatoms. The minimum absolute atomic E-state index is 0.143. The van der Waals surface area contributed by atoms with Crippen LogP contribution in [0.2, 0.25) is 0 Å². The summed E-state index contributed by atoms with van der Waals surface area (Å²) in [5.41, 5.74) is 5.91. The van der Waals surface area contributed by atoms with E-state index in [-0.39, 0.29) is 24.6 Å². The predicted molar refractivity (Wildman–Crippen MR) is 133 cm³/mol. The van der Waals surface area contributed by atoms with E-state index in [2.05, 4.69) is 4.90 Å². The zero-order chi connectivity index (χ0) is 26.0. The van der Waals surface area contributed by atoms with E-state index in [1.165, 1.54) is 23.1 Å². The summed E-state index contributed by atoms with van der Waals surface area (Å²) in [5, 5.41) is 9.76. The van der Waals surface area contributed by atoms with Gasteiger partial charge in [0, 0.05) is 36.3 Å². The highest BCUT2D eigenvalue weighted by Crippen LogP contribution is 2.43. The summed E-state index contributed by atoms with van der Waals surface area (Å²) < 4.78 is 28.8. The van der Waals surface area contributed by atoms with Crippen LogP contribution in [0.25, 0.3) is 0 Å². The maximum Gasteiger partial charge on any atom is 0.248 e. The van der Waals surface area contributed by atoms with Crippen LogP contribution >= 0.6 is 0 Å². The molecule has 2 aliphatic heterocycles. The number of primary amides is 1. The third-order valence-corrected chi connectivity index (χ3v) is 7.83. The molecule has 0 aromatic heterocycles. The Morgan fingerprint density at radius 2 is 1.69 bits per heavy atom. The molecule has 3 N–H and O–H groups in total. The standard InChI is InChI=1S/C28H35F2N3O3/c1-28(2,17-34)27(36)32(16-23-24(29)7-4-8-25(23)30)11-12-33-21-9-10-22(33)15-20(14-21)18-5-3-6-19(13-18)26(31)35/h3-8,13,20-22,34H,9-12,14-17H2,1-2H3,(H2,31,35)/t20?,21-,22+. The molecule has 0 spiro atoms. The lowest BCUT2D eigenvalue weighted by atomic mass is 9.84. The number of aliphatic hydroxyl groups is 1. The average Bonchev–Trinajstić information content (AvgIpc) is 3.09. The first-order valence-corrected chi connectivity index (χ1v) is 12.6. The molecule has 194 valence electrons. The lowest BCUT2D eigenvalue weighted by Crippen LogP contribution is -2.49. The van der Waals surface area contributed by atoms with E-state index in [0.717, 1.165) is 31.2 Å². The second kappa shape index (κ2) is 10.6. The van der Waals surface area contributed by atoms with Gasteiger partial charge in [-0.25, -0.2) is 8.78 Å². The van der Waals surface area contributed by atoms with Gasteiger partial charge in [0.15, 0.2) is 0 Å². The molecule has 36 heavy (non-hydrogen) atoms. The number of carbonyl (C=O) groups is 2. The first-order valence-electron chi connectivity index (χ1n) is 12.6. The quantitative estimate of drug-likeness (QED) is 0.549. The first kappa shape index (κ1) is 26.2. The second-order valence-electron chi connectivity index (χ2n) is 10.7. The van der Waals surface area contributed by atoms with Crippen LogP contribution in [-0.2, 0) is 11.3 Å². The SMILES string of the molecule is CC(C)(CO)C(=O)N(CCN1[C@@H]2CC[C@H]1CC(c1cccc(C(N)=O)c1)C2)Cc1c(F)cccc1F. The lowest BCUT2D eigenvalue weighted by Gasteiger charge is -2.41. The smallest absolute Gasteiger partial charge is 0.248 e. The van der Waals surface area contributed by atoms with Gasteiger partial charge in [-0.05, 0) is 75.3 Å². The Morgan fingerprint density at radius 1 is 1.08 bits per heavy atom. The Kier molecular flexibility index (Phi) is 7.76. The Labute approximate surface area is 211 Å². The summed E-state index contributed by atoms with van der Waals surface area (Å²) in [5.74, 6) is -1.81. The van der Waals surface area contributed by atoms with Gasteiger partial charge in [-0.1, -0.05) is 18.2 Å². The molecule has 4 rings (SSSR count). The molecule has 0 aliphatic carbocycles. The van der Waals surface area contributed by atoms with Crippen molar-refractivity contribution in [2.45, 2.75) is 64.1 Å². The van der Waals surface area contributed by atoms with Crippen molar-refractivity contribution in [3.05, 3.63) is 70.8 Å².